The van der Waals surface area contributed by atoms with E-state index in [1.807, 2.05) is 42.5 Å². The maximum Gasteiger partial charge on any atom is 0.120 e. The van der Waals surface area contributed by atoms with Gasteiger partial charge in [-0.25, -0.2) is 0 Å². The molecule has 0 unspecified atom stereocenters. The number of benzene rings is 3. The summed E-state index contributed by atoms with van der Waals surface area (Å²) in [6, 6.07) is 26.5. The van der Waals surface area contributed by atoms with Gasteiger partial charge in [-0.15, -0.1) is 0 Å². The van der Waals surface area contributed by atoms with E-state index in [4.69, 9.17) is 17.0 Å². The maximum atomic E-state index is 5.87. The van der Waals surface area contributed by atoms with Gasteiger partial charge in [0, 0.05) is 12.1 Å². The van der Waals surface area contributed by atoms with Gasteiger partial charge in [-0.05, 0) is 30.2 Å². The number of aryl methyl sites for hydroxylation is 1. The van der Waals surface area contributed by atoms with Gasteiger partial charge in [0.1, 0.15) is 17.3 Å². The summed E-state index contributed by atoms with van der Waals surface area (Å²) in [6.45, 7) is 3.36. The topological polar surface area (TPSA) is 21.3 Å². The normalized spacial score (nSPS) is 10.3. The zero-order valence-electron chi connectivity index (χ0n) is 14.2. The summed E-state index contributed by atoms with van der Waals surface area (Å²) in [5, 5.41) is 3.32. The van der Waals surface area contributed by atoms with Crippen LogP contribution in [0, 0.1) is 6.92 Å². The SMILES string of the molecule is Cc1cccc(CNC(=S)c2cccc(OCc3ccccc3)c2)c1. The van der Waals surface area contributed by atoms with Crippen LogP contribution in [0.1, 0.15) is 22.3 Å². The lowest BCUT2D eigenvalue weighted by Gasteiger charge is -2.11. The Morgan fingerprint density at radius 3 is 2.44 bits per heavy atom. The van der Waals surface area contributed by atoms with E-state index in [0.29, 0.717) is 6.61 Å². The van der Waals surface area contributed by atoms with Gasteiger partial charge in [-0.2, -0.15) is 0 Å². The van der Waals surface area contributed by atoms with Crippen molar-refractivity contribution < 1.29 is 4.74 Å². The smallest absolute Gasteiger partial charge is 0.120 e. The van der Waals surface area contributed by atoms with Gasteiger partial charge >= 0.3 is 0 Å². The monoisotopic (exact) mass is 347 g/mol. The van der Waals surface area contributed by atoms with Crippen molar-refractivity contribution >= 4 is 17.2 Å². The van der Waals surface area contributed by atoms with Gasteiger partial charge in [0.2, 0.25) is 0 Å². The second kappa shape index (κ2) is 8.45. The summed E-state index contributed by atoms with van der Waals surface area (Å²) in [5.41, 5.74) is 4.58. The molecule has 0 heterocycles. The second-order valence-corrected chi connectivity index (χ2v) is 6.38. The standard InChI is InChI=1S/C22H21NOS/c1-17-7-5-10-19(13-17)15-23-22(25)20-11-6-12-21(14-20)24-16-18-8-3-2-4-9-18/h2-14H,15-16H2,1H3,(H,23,25). The molecule has 3 heteroatoms. The van der Waals surface area contributed by atoms with Crippen molar-refractivity contribution in [2.75, 3.05) is 0 Å². The Morgan fingerprint density at radius 1 is 0.880 bits per heavy atom. The van der Waals surface area contributed by atoms with Crippen LogP contribution >= 0.6 is 12.2 Å². The molecule has 3 aromatic rings. The number of hydrogen-bond acceptors (Lipinski definition) is 2. The van der Waals surface area contributed by atoms with Crippen LogP contribution in [0.3, 0.4) is 0 Å². The molecule has 0 atom stereocenters. The van der Waals surface area contributed by atoms with E-state index >= 15 is 0 Å². The number of rotatable bonds is 6. The van der Waals surface area contributed by atoms with Gasteiger partial charge in [-0.3, -0.25) is 0 Å². The molecule has 0 aliphatic heterocycles. The number of ether oxygens (including phenoxy) is 1. The Labute approximate surface area is 154 Å². The van der Waals surface area contributed by atoms with Gasteiger partial charge in [0.25, 0.3) is 0 Å². The Morgan fingerprint density at radius 2 is 1.64 bits per heavy atom. The van der Waals surface area contributed by atoms with Crippen LogP contribution in [-0.4, -0.2) is 4.99 Å². The minimum absolute atomic E-state index is 0.549. The fourth-order valence-corrected chi connectivity index (χ4v) is 2.77. The van der Waals surface area contributed by atoms with Gasteiger partial charge in [-0.1, -0.05) is 84.5 Å². The molecule has 25 heavy (non-hydrogen) atoms. The fraction of sp³-hybridized carbons (Fsp3) is 0.136. The summed E-state index contributed by atoms with van der Waals surface area (Å²) in [6.07, 6.45) is 0. The molecular formula is C22H21NOS. The van der Waals surface area contributed by atoms with E-state index in [1.54, 1.807) is 0 Å². The van der Waals surface area contributed by atoms with Crippen molar-refractivity contribution in [1.29, 1.82) is 0 Å². The summed E-state index contributed by atoms with van der Waals surface area (Å²) in [7, 11) is 0. The largest absolute Gasteiger partial charge is 0.489 e. The third-order valence-corrected chi connectivity index (χ3v) is 4.26. The van der Waals surface area contributed by atoms with Crippen molar-refractivity contribution in [3.05, 3.63) is 101 Å². The third-order valence-electron chi connectivity index (χ3n) is 3.88. The highest BCUT2D eigenvalue weighted by atomic mass is 32.1. The molecule has 0 saturated heterocycles. The molecule has 0 saturated carbocycles. The Kier molecular flexibility index (Phi) is 5.81. The summed E-state index contributed by atoms with van der Waals surface area (Å²) in [4.78, 5) is 0.728. The van der Waals surface area contributed by atoms with Crippen molar-refractivity contribution in [2.24, 2.45) is 0 Å². The first kappa shape index (κ1) is 17.2. The first-order chi connectivity index (χ1) is 12.2. The van der Waals surface area contributed by atoms with E-state index in [2.05, 4.69) is 48.6 Å². The molecule has 0 amide bonds. The quantitative estimate of drug-likeness (QED) is 0.631. The van der Waals surface area contributed by atoms with Gasteiger partial charge < -0.3 is 10.1 Å². The summed E-state index contributed by atoms with van der Waals surface area (Å²) >= 11 is 5.52. The van der Waals surface area contributed by atoms with Crippen LogP contribution in [0.15, 0.2) is 78.9 Å². The first-order valence-corrected chi connectivity index (χ1v) is 8.72. The number of thiocarbonyl (C=S) groups is 1. The fourth-order valence-electron chi connectivity index (χ4n) is 2.57. The molecule has 0 bridgehead atoms. The minimum atomic E-state index is 0.549. The predicted octanol–water partition coefficient (Wildman–Crippen LogP) is 5.04. The maximum absolute atomic E-state index is 5.87. The van der Waals surface area contributed by atoms with Crippen molar-refractivity contribution in [3.8, 4) is 5.75 Å². The molecule has 0 aromatic heterocycles. The molecule has 0 fully saturated rings. The van der Waals surface area contributed by atoms with E-state index in [0.717, 1.165) is 28.4 Å². The first-order valence-electron chi connectivity index (χ1n) is 8.31. The van der Waals surface area contributed by atoms with Crippen LogP contribution in [0.2, 0.25) is 0 Å². The van der Waals surface area contributed by atoms with E-state index in [-0.39, 0.29) is 0 Å². The van der Waals surface area contributed by atoms with Crippen LogP contribution in [0.5, 0.6) is 5.75 Å². The Hall–Kier alpha value is -2.65. The Balaban J connectivity index is 1.59. The summed E-state index contributed by atoms with van der Waals surface area (Å²) in [5.74, 6) is 0.820. The lowest BCUT2D eigenvalue weighted by Crippen LogP contribution is -2.21. The number of nitrogens with one attached hydrogen (secondary N) is 1. The molecule has 0 aliphatic rings. The molecule has 2 nitrogen and oxygen atoms in total. The Bertz CT molecular complexity index is 845. The molecule has 0 aliphatic carbocycles. The second-order valence-electron chi connectivity index (χ2n) is 5.97. The van der Waals surface area contributed by atoms with Crippen molar-refractivity contribution in [3.63, 3.8) is 0 Å². The zero-order chi connectivity index (χ0) is 17.5. The van der Waals surface area contributed by atoms with E-state index in [1.165, 1.54) is 11.1 Å². The molecule has 1 N–H and O–H groups in total. The highest BCUT2D eigenvalue weighted by Crippen LogP contribution is 2.16. The van der Waals surface area contributed by atoms with Crippen molar-refractivity contribution in [1.82, 2.24) is 5.32 Å². The van der Waals surface area contributed by atoms with Crippen molar-refractivity contribution in [2.45, 2.75) is 20.1 Å². The minimum Gasteiger partial charge on any atom is -0.489 e. The molecule has 3 rings (SSSR count). The van der Waals surface area contributed by atoms with Gasteiger partial charge in [0.15, 0.2) is 0 Å². The van der Waals surface area contributed by atoms with Crippen LogP contribution in [0.4, 0.5) is 0 Å². The highest BCUT2D eigenvalue weighted by Gasteiger charge is 2.04. The molecule has 0 radical (unpaired) electrons. The third kappa shape index (κ3) is 5.16. The van der Waals surface area contributed by atoms with Crippen LogP contribution in [0.25, 0.3) is 0 Å². The molecule has 0 spiro atoms. The average Bonchev–Trinajstić information content (AvgIpc) is 2.65. The van der Waals surface area contributed by atoms with E-state index in [9.17, 15) is 0 Å². The molecule has 3 aromatic carbocycles. The lowest BCUT2D eigenvalue weighted by atomic mass is 10.1. The predicted molar refractivity (Wildman–Crippen MR) is 107 cm³/mol. The molecular weight excluding hydrogens is 326 g/mol. The number of hydrogen-bond donors (Lipinski definition) is 1. The van der Waals surface area contributed by atoms with Gasteiger partial charge in [0.05, 0.1) is 0 Å². The zero-order valence-corrected chi connectivity index (χ0v) is 15.1. The molecule has 126 valence electrons. The lowest BCUT2D eigenvalue weighted by molar-refractivity contribution is 0.306. The summed E-state index contributed by atoms with van der Waals surface area (Å²) < 4.78 is 5.87. The van der Waals surface area contributed by atoms with E-state index < -0.39 is 0 Å². The van der Waals surface area contributed by atoms with Crippen LogP contribution < -0.4 is 10.1 Å². The van der Waals surface area contributed by atoms with Crippen LogP contribution in [-0.2, 0) is 13.2 Å². The average molecular weight is 347 g/mol. The highest BCUT2D eigenvalue weighted by molar-refractivity contribution is 7.80.